The zero-order valence-corrected chi connectivity index (χ0v) is 32.2. The molecule has 0 radical (unpaired) electrons. The van der Waals surface area contributed by atoms with Crippen LogP contribution in [-0.2, 0) is 0 Å². The van der Waals surface area contributed by atoms with Gasteiger partial charge in [0.1, 0.15) is 0 Å². The van der Waals surface area contributed by atoms with Gasteiger partial charge < -0.3 is 31.9 Å². The Morgan fingerprint density at radius 1 is 0.588 bits per heavy atom. The van der Waals surface area contributed by atoms with Gasteiger partial charge in [-0.2, -0.15) is 17.6 Å². The standard InChI is InChI=1S/2C20H33F2NO2.ClH/c2*1-19(7-5-13(25)9-12(19)11-24)16-6-8-20(2)15(14(16)10-23)3-4-17(20)18(21)22;/h2*12-16,24-25H,3-11,23H2,1-2H3;1H/t2*12-,13+,14+,15?,16?,19+,20+;/m11./s1. The van der Waals surface area contributed by atoms with Crippen LogP contribution in [0.5, 0.6) is 0 Å². The molecular formula is C40H67ClF4N2O4. The second-order valence-corrected chi connectivity index (χ2v) is 18.3. The number of fused-ring (bicyclic) bond motifs is 2. The SMILES string of the molecule is C[C@]12CCC([C@@]3(C)CC[C@H](O)C[C@@H]3CO)[C@@H](CN)C1CCC2=C(F)F.C[C@]12CCC([C@@]3(C)CC[C@H](O)C[C@@H]3CO)[C@@H](CN)C1CCC2=C(F)F.Cl. The quantitative estimate of drug-likeness (QED) is 0.154. The number of aliphatic hydroxyl groups is 4. The van der Waals surface area contributed by atoms with E-state index in [-0.39, 0.29) is 84.2 Å². The lowest BCUT2D eigenvalue weighted by Crippen LogP contribution is -2.52. The Labute approximate surface area is 309 Å². The van der Waals surface area contributed by atoms with Crippen LogP contribution in [0.3, 0.4) is 0 Å². The van der Waals surface area contributed by atoms with E-state index in [1.54, 1.807) is 0 Å². The number of allylic oxidation sites excluding steroid dienone is 2. The summed E-state index contributed by atoms with van der Waals surface area (Å²) < 4.78 is 53.8. The fourth-order valence-electron chi connectivity index (χ4n) is 13.5. The number of hydrogen-bond donors (Lipinski definition) is 6. The molecule has 11 heteroatoms. The average Bonchev–Trinajstić information content (AvgIpc) is 3.63. The summed E-state index contributed by atoms with van der Waals surface area (Å²) in [5.41, 5.74) is 12.1. The lowest BCUT2D eigenvalue weighted by molar-refractivity contribution is -0.0920. The molecule has 51 heavy (non-hydrogen) atoms. The molecule has 6 aliphatic rings. The first kappa shape index (κ1) is 43.0. The van der Waals surface area contributed by atoms with E-state index in [0.717, 1.165) is 64.2 Å². The van der Waals surface area contributed by atoms with Crippen molar-refractivity contribution in [3.8, 4) is 0 Å². The van der Waals surface area contributed by atoms with Crippen molar-refractivity contribution < 1.29 is 38.0 Å². The summed E-state index contributed by atoms with van der Waals surface area (Å²) in [4.78, 5) is 0. The molecule has 296 valence electrons. The molecule has 0 aromatic heterocycles. The molecule has 0 amide bonds. The zero-order chi connectivity index (χ0) is 36.8. The molecule has 6 rings (SSSR count). The van der Waals surface area contributed by atoms with Crippen molar-refractivity contribution in [2.45, 2.75) is 130 Å². The number of rotatable bonds is 6. The molecular weight excluding hydrogens is 684 g/mol. The van der Waals surface area contributed by atoms with Crippen molar-refractivity contribution in [2.75, 3.05) is 26.3 Å². The molecule has 0 aliphatic heterocycles. The van der Waals surface area contributed by atoms with E-state index in [4.69, 9.17) is 11.5 Å². The zero-order valence-electron chi connectivity index (χ0n) is 31.4. The van der Waals surface area contributed by atoms with Gasteiger partial charge in [0.25, 0.3) is 12.2 Å². The third kappa shape index (κ3) is 7.48. The number of hydrogen-bond acceptors (Lipinski definition) is 6. The van der Waals surface area contributed by atoms with Crippen LogP contribution in [0.25, 0.3) is 0 Å². The van der Waals surface area contributed by atoms with Crippen LogP contribution < -0.4 is 11.5 Å². The summed E-state index contributed by atoms with van der Waals surface area (Å²) >= 11 is 0. The van der Waals surface area contributed by atoms with E-state index in [0.29, 0.717) is 61.8 Å². The van der Waals surface area contributed by atoms with Crippen molar-refractivity contribution in [3.05, 3.63) is 23.3 Å². The molecule has 0 saturated heterocycles. The molecule has 6 fully saturated rings. The maximum absolute atomic E-state index is 13.5. The van der Waals surface area contributed by atoms with Crippen LogP contribution in [0.2, 0.25) is 0 Å². The maximum atomic E-state index is 13.5. The van der Waals surface area contributed by atoms with Crippen LogP contribution >= 0.6 is 12.4 Å². The highest BCUT2D eigenvalue weighted by atomic mass is 35.5. The molecule has 14 atom stereocenters. The van der Waals surface area contributed by atoms with E-state index in [1.165, 1.54) is 0 Å². The normalized spacial score (nSPS) is 46.7. The minimum absolute atomic E-state index is 0. The highest BCUT2D eigenvalue weighted by Crippen LogP contribution is 2.65. The Balaban J connectivity index is 0.000000224. The monoisotopic (exact) mass is 750 g/mol. The van der Waals surface area contributed by atoms with E-state index >= 15 is 0 Å². The van der Waals surface area contributed by atoms with Gasteiger partial charge in [-0.3, -0.25) is 0 Å². The second-order valence-electron chi connectivity index (χ2n) is 18.3. The fraction of sp³-hybridized carbons (Fsp3) is 0.900. The van der Waals surface area contributed by atoms with E-state index in [9.17, 15) is 38.0 Å². The Kier molecular flexibility index (Phi) is 13.9. The third-order valence-electron chi connectivity index (χ3n) is 16.6. The molecule has 0 bridgehead atoms. The van der Waals surface area contributed by atoms with Gasteiger partial charge in [0.15, 0.2) is 0 Å². The number of nitrogens with two attached hydrogens (primary N) is 2. The van der Waals surface area contributed by atoms with E-state index in [2.05, 4.69) is 13.8 Å². The van der Waals surface area contributed by atoms with Crippen molar-refractivity contribution >= 4 is 12.4 Å². The molecule has 6 saturated carbocycles. The minimum atomic E-state index is -1.49. The van der Waals surface area contributed by atoms with Gasteiger partial charge in [-0.05, 0) is 172 Å². The Hall–Kier alpha value is -0.750. The summed E-state index contributed by atoms with van der Waals surface area (Å²) in [5.74, 6) is 1.63. The van der Waals surface area contributed by atoms with Gasteiger partial charge in [0, 0.05) is 24.4 Å². The summed E-state index contributed by atoms with van der Waals surface area (Å²) in [7, 11) is 0. The third-order valence-corrected chi connectivity index (χ3v) is 16.6. The van der Waals surface area contributed by atoms with E-state index in [1.807, 2.05) is 13.8 Å². The van der Waals surface area contributed by atoms with Gasteiger partial charge in [0.05, 0.1) is 12.2 Å². The number of aliphatic hydroxyl groups excluding tert-OH is 4. The van der Waals surface area contributed by atoms with Crippen molar-refractivity contribution in [1.82, 2.24) is 0 Å². The molecule has 8 N–H and O–H groups in total. The highest BCUT2D eigenvalue weighted by molar-refractivity contribution is 5.85. The second kappa shape index (κ2) is 16.5. The van der Waals surface area contributed by atoms with Gasteiger partial charge >= 0.3 is 0 Å². The van der Waals surface area contributed by atoms with Crippen molar-refractivity contribution in [3.63, 3.8) is 0 Å². The molecule has 0 heterocycles. The average molecular weight is 751 g/mol. The Bertz CT molecular complexity index is 1170. The molecule has 6 nitrogen and oxygen atoms in total. The molecule has 4 unspecified atom stereocenters. The van der Waals surface area contributed by atoms with Crippen molar-refractivity contribution in [1.29, 1.82) is 0 Å². The first-order chi connectivity index (χ1) is 23.5. The maximum Gasteiger partial charge on any atom is 0.270 e. The predicted octanol–water partition coefficient (Wildman–Crippen LogP) is 7.82. The van der Waals surface area contributed by atoms with Gasteiger partial charge in [-0.1, -0.05) is 27.7 Å². The van der Waals surface area contributed by atoms with Crippen LogP contribution in [0.1, 0.15) is 118 Å². The minimum Gasteiger partial charge on any atom is -0.396 e. The summed E-state index contributed by atoms with van der Waals surface area (Å²) in [5, 5.41) is 39.9. The lowest BCUT2D eigenvalue weighted by Gasteiger charge is -2.56. The van der Waals surface area contributed by atoms with E-state index < -0.39 is 23.0 Å². The smallest absolute Gasteiger partial charge is 0.270 e. The first-order valence-corrected chi connectivity index (χ1v) is 19.6. The fourth-order valence-corrected chi connectivity index (χ4v) is 13.5. The molecule has 6 aliphatic carbocycles. The van der Waals surface area contributed by atoms with Gasteiger partial charge in [-0.15, -0.1) is 12.4 Å². The summed E-state index contributed by atoms with van der Waals surface area (Å²) in [6, 6.07) is 0. The van der Waals surface area contributed by atoms with Crippen LogP contribution in [0.4, 0.5) is 17.6 Å². The topological polar surface area (TPSA) is 133 Å². The molecule has 0 aromatic carbocycles. The Morgan fingerprint density at radius 2 is 0.941 bits per heavy atom. The van der Waals surface area contributed by atoms with Gasteiger partial charge in [0.2, 0.25) is 0 Å². The first-order valence-electron chi connectivity index (χ1n) is 19.6. The number of halogens is 5. The van der Waals surface area contributed by atoms with Crippen LogP contribution in [0.15, 0.2) is 23.3 Å². The summed E-state index contributed by atoms with van der Waals surface area (Å²) in [6.45, 7) is 9.67. The van der Waals surface area contributed by atoms with Crippen LogP contribution in [-0.4, -0.2) is 58.9 Å². The van der Waals surface area contributed by atoms with Gasteiger partial charge in [-0.25, -0.2) is 0 Å². The predicted molar refractivity (Wildman–Crippen MR) is 195 cm³/mol. The molecule has 0 aromatic rings. The van der Waals surface area contributed by atoms with Crippen molar-refractivity contribution in [2.24, 2.45) is 80.5 Å². The lowest BCUT2D eigenvalue weighted by atomic mass is 9.49. The van der Waals surface area contributed by atoms with Crippen LogP contribution in [0, 0.1) is 69.0 Å². The summed E-state index contributed by atoms with van der Waals surface area (Å²) in [6.07, 6.45) is 6.79. The highest BCUT2D eigenvalue weighted by Gasteiger charge is 2.59. The Morgan fingerprint density at radius 3 is 1.24 bits per heavy atom. The largest absolute Gasteiger partial charge is 0.396 e. The molecule has 0 spiro atoms.